The lowest BCUT2D eigenvalue weighted by Crippen LogP contribution is -2.39. The maximum Gasteiger partial charge on any atom is 0.226 e. The summed E-state index contributed by atoms with van der Waals surface area (Å²) >= 11 is 0. The molecule has 3 rings (SSSR count). The van der Waals surface area contributed by atoms with Crippen LogP contribution in [0, 0.1) is 0 Å². The van der Waals surface area contributed by atoms with Crippen LogP contribution in [0.5, 0.6) is 5.75 Å². The second-order valence-corrected chi connectivity index (χ2v) is 5.98. The van der Waals surface area contributed by atoms with Crippen LogP contribution in [0.15, 0.2) is 18.2 Å². The Labute approximate surface area is 131 Å². The van der Waals surface area contributed by atoms with Crippen molar-refractivity contribution in [2.24, 2.45) is 0 Å². The largest absolute Gasteiger partial charge is 0.490 e. The molecule has 1 amide bonds. The van der Waals surface area contributed by atoms with Crippen LogP contribution in [-0.2, 0) is 4.79 Å². The topological polar surface area (TPSA) is 61.8 Å². The summed E-state index contributed by atoms with van der Waals surface area (Å²) in [7, 11) is 0. The van der Waals surface area contributed by atoms with E-state index in [9.17, 15) is 9.90 Å². The number of fused-ring (bicyclic) bond motifs is 1. The van der Waals surface area contributed by atoms with Gasteiger partial charge in [0.1, 0.15) is 12.4 Å². The number of nitrogens with zero attached hydrogens (tertiary/aromatic N) is 1. The van der Waals surface area contributed by atoms with Crippen LogP contribution in [0.3, 0.4) is 0 Å². The van der Waals surface area contributed by atoms with E-state index in [2.05, 4.69) is 5.32 Å². The second-order valence-electron chi connectivity index (χ2n) is 5.98. The maximum atomic E-state index is 12.1. The average molecular weight is 304 g/mol. The molecule has 2 aliphatic rings. The molecule has 2 N–H and O–H groups in total. The quantitative estimate of drug-likeness (QED) is 0.896. The first-order valence-electron chi connectivity index (χ1n) is 8.19. The Morgan fingerprint density at radius 3 is 3.09 bits per heavy atom. The number of rotatable bonds is 3. The molecule has 1 fully saturated rings. The molecule has 120 valence electrons. The molecule has 0 aromatic heterocycles. The van der Waals surface area contributed by atoms with E-state index < -0.39 is 6.10 Å². The molecule has 5 heteroatoms. The molecule has 2 heterocycles. The van der Waals surface area contributed by atoms with Crippen molar-refractivity contribution < 1.29 is 14.6 Å². The van der Waals surface area contributed by atoms with Crippen LogP contribution in [-0.4, -0.2) is 36.8 Å². The Morgan fingerprint density at radius 2 is 2.36 bits per heavy atom. The van der Waals surface area contributed by atoms with Gasteiger partial charge in [-0.05, 0) is 37.1 Å². The van der Waals surface area contributed by atoms with Gasteiger partial charge in [-0.3, -0.25) is 4.79 Å². The number of aliphatic hydroxyl groups excluding tert-OH is 1. The number of ether oxygens (including phenoxy) is 1. The first-order valence-corrected chi connectivity index (χ1v) is 8.19. The van der Waals surface area contributed by atoms with Crippen molar-refractivity contribution in [2.45, 2.75) is 44.8 Å². The number of piperidine rings is 1. The van der Waals surface area contributed by atoms with E-state index in [4.69, 9.17) is 4.74 Å². The molecule has 5 nitrogen and oxygen atoms in total. The Morgan fingerprint density at radius 1 is 1.50 bits per heavy atom. The highest BCUT2D eigenvalue weighted by Crippen LogP contribution is 2.35. The fraction of sp³-hybridized carbons (Fsp3) is 0.588. The zero-order chi connectivity index (χ0) is 15.5. The van der Waals surface area contributed by atoms with Gasteiger partial charge in [0.05, 0.1) is 18.3 Å². The molecule has 0 spiro atoms. The minimum atomic E-state index is -0.550. The summed E-state index contributed by atoms with van der Waals surface area (Å²) in [5.74, 6) is 0.813. The molecule has 0 saturated carbocycles. The lowest BCUT2D eigenvalue weighted by molar-refractivity contribution is -0.118. The van der Waals surface area contributed by atoms with E-state index in [0.717, 1.165) is 36.4 Å². The van der Waals surface area contributed by atoms with Crippen LogP contribution in [0.2, 0.25) is 0 Å². The zero-order valence-electron chi connectivity index (χ0n) is 13.0. The fourth-order valence-corrected chi connectivity index (χ4v) is 3.25. The van der Waals surface area contributed by atoms with Gasteiger partial charge < -0.3 is 20.1 Å². The van der Waals surface area contributed by atoms with Crippen LogP contribution in [0.1, 0.15) is 44.3 Å². The van der Waals surface area contributed by atoms with Crippen molar-refractivity contribution in [3.8, 4) is 5.75 Å². The molecular formula is C17H24N2O3. The Balaban J connectivity index is 1.86. The third kappa shape index (κ3) is 2.96. The summed E-state index contributed by atoms with van der Waals surface area (Å²) in [5, 5.41) is 14.0. The van der Waals surface area contributed by atoms with Gasteiger partial charge in [-0.1, -0.05) is 19.4 Å². The van der Waals surface area contributed by atoms with Gasteiger partial charge in [0, 0.05) is 12.5 Å². The van der Waals surface area contributed by atoms with Crippen molar-refractivity contribution in [1.29, 1.82) is 0 Å². The third-order valence-electron chi connectivity index (χ3n) is 4.52. The Kier molecular flexibility index (Phi) is 4.64. The van der Waals surface area contributed by atoms with E-state index >= 15 is 0 Å². The molecule has 0 radical (unpaired) electrons. The molecule has 2 unspecified atom stereocenters. The van der Waals surface area contributed by atoms with Crippen molar-refractivity contribution in [3.05, 3.63) is 23.8 Å². The van der Waals surface area contributed by atoms with Gasteiger partial charge in [-0.2, -0.15) is 0 Å². The number of carbonyl (C=O) groups is 1. The highest BCUT2D eigenvalue weighted by molar-refractivity contribution is 5.95. The second kappa shape index (κ2) is 6.67. The van der Waals surface area contributed by atoms with Gasteiger partial charge >= 0.3 is 0 Å². The molecule has 1 aromatic carbocycles. The fourth-order valence-electron chi connectivity index (χ4n) is 3.25. The summed E-state index contributed by atoms with van der Waals surface area (Å²) in [6, 6.07) is 5.76. The lowest BCUT2D eigenvalue weighted by atomic mass is 9.94. The molecule has 22 heavy (non-hydrogen) atoms. The number of aliphatic hydroxyl groups is 1. The van der Waals surface area contributed by atoms with E-state index in [1.165, 1.54) is 6.42 Å². The predicted molar refractivity (Wildman–Crippen MR) is 85.2 cm³/mol. The lowest BCUT2D eigenvalue weighted by Gasteiger charge is -2.32. The van der Waals surface area contributed by atoms with E-state index in [-0.39, 0.29) is 11.9 Å². The smallest absolute Gasteiger partial charge is 0.226 e. The van der Waals surface area contributed by atoms with Gasteiger partial charge in [0.15, 0.2) is 0 Å². The monoisotopic (exact) mass is 304 g/mol. The van der Waals surface area contributed by atoms with Gasteiger partial charge in [0.25, 0.3) is 0 Å². The SMILES string of the molecule is CCC(=O)N1CCOc2ccc(C(O)C3CCCCN3)cc21. The molecular weight excluding hydrogens is 280 g/mol. The van der Waals surface area contributed by atoms with Crippen molar-refractivity contribution in [2.75, 3.05) is 24.6 Å². The Bertz CT molecular complexity index is 541. The highest BCUT2D eigenvalue weighted by atomic mass is 16.5. The number of carbonyl (C=O) groups excluding carboxylic acids is 1. The van der Waals surface area contributed by atoms with E-state index in [1.807, 2.05) is 25.1 Å². The van der Waals surface area contributed by atoms with Crippen LogP contribution in [0.25, 0.3) is 0 Å². The van der Waals surface area contributed by atoms with Gasteiger partial charge in [-0.15, -0.1) is 0 Å². The molecule has 1 saturated heterocycles. The molecule has 2 aliphatic heterocycles. The van der Waals surface area contributed by atoms with E-state index in [0.29, 0.717) is 19.6 Å². The number of hydrogen-bond acceptors (Lipinski definition) is 4. The molecule has 1 aromatic rings. The minimum absolute atomic E-state index is 0.0895. The number of hydrogen-bond donors (Lipinski definition) is 2. The van der Waals surface area contributed by atoms with Crippen molar-refractivity contribution in [1.82, 2.24) is 5.32 Å². The predicted octanol–water partition coefficient (Wildman–Crippen LogP) is 2.00. The number of anilines is 1. The van der Waals surface area contributed by atoms with Crippen molar-refractivity contribution >= 4 is 11.6 Å². The third-order valence-corrected chi connectivity index (χ3v) is 4.52. The molecule has 2 atom stereocenters. The van der Waals surface area contributed by atoms with Gasteiger partial charge in [-0.25, -0.2) is 0 Å². The summed E-state index contributed by atoms with van der Waals surface area (Å²) in [4.78, 5) is 13.9. The average Bonchev–Trinajstić information content (AvgIpc) is 2.60. The van der Waals surface area contributed by atoms with Crippen molar-refractivity contribution in [3.63, 3.8) is 0 Å². The minimum Gasteiger partial charge on any atom is -0.490 e. The summed E-state index contributed by atoms with van der Waals surface area (Å²) < 4.78 is 5.64. The molecule has 0 aliphatic carbocycles. The number of benzene rings is 1. The highest BCUT2D eigenvalue weighted by Gasteiger charge is 2.27. The molecule has 0 bridgehead atoms. The number of amides is 1. The summed E-state index contributed by atoms with van der Waals surface area (Å²) in [5.41, 5.74) is 1.63. The summed E-state index contributed by atoms with van der Waals surface area (Å²) in [6.07, 6.45) is 3.21. The van der Waals surface area contributed by atoms with Gasteiger partial charge in [0.2, 0.25) is 5.91 Å². The Hall–Kier alpha value is -1.59. The first-order chi connectivity index (χ1) is 10.7. The van der Waals surface area contributed by atoms with Crippen LogP contribution in [0.4, 0.5) is 5.69 Å². The maximum absolute atomic E-state index is 12.1. The zero-order valence-corrected chi connectivity index (χ0v) is 13.0. The first kappa shape index (κ1) is 15.3. The standard InChI is InChI=1S/C17H24N2O3/c1-2-16(20)19-9-10-22-15-7-6-12(11-14(15)19)17(21)13-5-3-4-8-18-13/h6-7,11,13,17-18,21H,2-5,8-10H2,1H3. The normalized spacial score (nSPS) is 22.6. The van der Waals surface area contributed by atoms with Crippen LogP contribution >= 0.6 is 0 Å². The van der Waals surface area contributed by atoms with E-state index in [1.54, 1.807) is 4.90 Å². The summed E-state index contributed by atoms with van der Waals surface area (Å²) in [6.45, 7) is 3.91. The number of nitrogens with one attached hydrogen (secondary N) is 1. The van der Waals surface area contributed by atoms with Crippen LogP contribution < -0.4 is 15.0 Å².